The monoisotopic (exact) mass is 231 g/mol. The van der Waals surface area contributed by atoms with Crippen molar-refractivity contribution in [3.8, 4) is 0 Å². The molecule has 0 unspecified atom stereocenters. The average molecular weight is 231 g/mol. The van der Waals surface area contributed by atoms with Crippen LogP contribution >= 0.6 is 0 Å². The molecule has 0 rings (SSSR count). The van der Waals surface area contributed by atoms with Crippen molar-refractivity contribution in [1.82, 2.24) is 5.32 Å². The average Bonchev–Trinajstić information content (AvgIpc) is 2.25. The first-order valence-electron chi connectivity index (χ1n) is 5.72. The van der Waals surface area contributed by atoms with Gasteiger partial charge in [-0.15, -0.1) is 6.58 Å². The third-order valence-corrected chi connectivity index (χ3v) is 1.29. The molecular weight excluding hydrogens is 206 g/mol. The van der Waals surface area contributed by atoms with E-state index in [2.05, 4.69) is 11.9 Å². The zero-order valence-corrected chi connectivity index (χ0v) is 10.9. The van der Waals surface area contributed by atoms with E-state index in [9.17, 15) is 4.79 Å². The van der Waals surface area contributed by atoms with Crippen molar-refractivity contribution in [2.75, 3.05) is 26.4 Å². The third kappa shape index (κ3) is 15.6. The Morgan fingerprint density at radius 1 is 1.31 bits per heavy atom. The van der Waals surface area contributed by atoms with Crippen LogP contribution in [0.15, 0.2) is 12.7 Å². The normalized spacial score (nSPS) is 9.31. The van der Waals surface area contributed by atoms with Gasteiger partial charge < -0.3 is 14.8 Å². The largest absolute Gasteiger partial charge is 0.375 e. The number of rotatable bonds is 8. The number of nitrogens with one attached hydrogen (secondary N) is 1. The Morgan fingerprint density at radius 3 is 2.38 bits per heavy atom. The molecule has 0 aromatic carbocycles. The Labute approximate surface area is 99.0 Å². The molecular formula is C12H25NO3. The fraction of sp³-hybridized carbons (Fsp3) is 0.750. The molecule has 0 spiro atoms. The van der Waals surface area contributed by atoms with E-state index in [1.165, 1.54) is 0 Å². The number of carbonyl (C=O) groups excluding carboxylic acids is 1. The van der Waals surface area contributed by atoms with E-state index in [4.69, 9.17) is 9.47 Å². The molecule has 16 heavy (non-hydrogen) atoms. The Morgan fingerprint density at radius 2 is 1.88 bits per heavy atom. The highest BCUT2D eigenvalue weighted by molar-refractivity contribution is 5.77. The highest BCUT2D eigenvalue weighted by Gasteiger charge is 2.01. The molecule has 0 atom stereocenters. The zero-order chi connectivity index (χ0) is 12.8. The van der Waals surface area contributed by atoms with Crippen molar-refractivity contribution < 1.29 is 14.3 Å². The molecule has 96 valence electrons. The van der Waals surface area contributed by atoms with Gasteiger partial charge in [-0.05, 0) is 13.8 Å². The van der Waals surface area contributed by atoms with Crippen LogP contribution in [-0.2, 0) is 14.3 Å². The standard InChI is InChI=1S/C10H19NO3.C2H6/c1-4-5-13-6-7-14-8-10(12)11-9(2)3;1-2/h4,9H,1,5-8H2,2-3H3,(H,11,12);1-2H3. The highest BCUT2D eigenvalue weighted by atomic mass is 16.5. The topological polar surface area (TPSA) is 47.6 Å². The smallest absolute Gasteiger partial charge is 0.246 e. The Kier molecular flexibility index (Phi) is 15.5. The zero-order valence-electron chi connectivity index (χ0n) is 10.9. The molecule has 4 heteroatoms. The number of carbonyl (C=O) groups is 1. The number of amides is 1. The second kappa shape index (κ2) is 14.1. The summed E-state index contributed by atoms with van der Waals surface area (Å²) in [6.45, 7) is 12.9. The van der Waals surface area contributed by atoms with Gasteiger partial charge in [-0.1, -0.05) is 19.9 Å². The minimum absolute atomic E-state index is 0.0929. The van der Waals surface area contributed by atoms with Crippen molar-refractivity contribution in [2.24, 2.45) is 0 Å². The van der Waals surface area contributed by atoms with Crippen molar-refractivity contribution in [2.45, 2.75) is 33.7 Å². The maximum absolute atomic E-state index is 11.0. The minimum atomic E-state index is -0.0938. The second-order valence-corrected chi connectivity index (χ2v) is 3.14. The molecule has 0 saturated heterocycles. The quantitative estimate of drug-likeness (QED) is 0.511. The Balaban J connectivity index is 0. The van der Waals surface area contributed by atoms with Crippen LogP contribution in [0, 0.1) is 0 Å². The SMILES string of the molecule is C=CCOCCOCC(=O)NC(C)C.CC. The first-order chi connectivity index (χ1) is 7.66. The van der Waals surface area contributed by atoms with Gasteiger partial charge in [0.25, 0.3) is 0 Å². The number of hydrogen-bond acceptors (Lipinski definition) is 3. The summed E-state index contributed by atoms with van der Waals surface area (Å²) in [5.74, 6) is -0.0938. The predicted octanol–water partition coefficient (Wildman–Crippen LogP) is 1.76. The lowest BCUT2D eigenvalue weighted by atomic mass is 10.4. The van der Waals surface area contributed by atoms with E-state index in [0.717, 1.165) is 0 Å². The van der Waals surface area contributed by atoms with Gasteiger partial charge >= 0.3 is 0 Å². The molecule has 0 aliphatic rings. The molecule has 0 heterocycles. The van der Waals surface area contributed by atoms with E-state index in [1.807, 2.05) is 27.7 Å². The molecule has 0 aliphatic carbocycles. The summed E-state index contributed by atoms with van der Waals surface area (Å²) in [5.41, 5.74) is 0. The Hall–Kier alpha value is -0.870. The van der Waals surface area contributed by atoms with Gasteiger partial charge in [0.05, 0.1) is 19.8 Å². The summed E-state index contributed by atoms with van der Waals surface area (Å²) in [6.07, 6.45) is 1.67. The summed E-state index contributed by atoms with van der Waals surface area (Å²) >= 11 is 0. The van der Waals surface area contributed by atoms with Crippen LogP contribution in [0.1, 0.15) is 27.7 Å². The molecule has 1 N–H and O–H groups in total. The van der Waals surface area contributed by atoms with Crippen LogP contribution in [0.25, 0.3) is 0 Å². The van der Waals surface area contributed by atoms with Crippen LogP contribution in [-0.4, -0.2) is 38.4 Å². The first-order valence-corrected chi connectivity index (χ1v) is 5.72. The Bertz CT molecular complexity index is 170. The van der Waals surface area contributed by atoms with Gasteiger partial charge in [0.2, 0.25) is 5.91 Å². The lowest BCUT2D eigenvalue weighted by molar-refractivity contribution is -0.126. The third-order valence-electron chi connectivity index (χ3n) is 1.29. The molecule has 0 bridgehead atoms. The van der Waals surface area contributed by atoms with E-state index in [1.54, 1.807) is 6.08 Å². The molecule has 0 aliphatic heterocycles. The van der Waals surface area contributed by atoms with Gasteiger partial charge in [0, 0.05) is 6.04 Å². The van der Waals surface area contributed by atoms with Crippen molar-refractivity contribution in [3.63, 3.8) is 0 Å². The van der Waals surface area contributed by atoms with Gasteiger partial charge in [0.15, 0.2) is 0 Å². The summed E-state index contributed by atoms with van der Waals surface area (Å²) in [5, 5.41) is 2.72. The summed E-state index contributed by atoms with van der Waals surface area (Å²) < 4.78 is 10.1. The molecule has 0 saturated carbocycles. The molecule has 0 fully saturated rings. The van der Waals surface area contributed by atoms with E-state index in [0.29, 0.717) is 19.8 Å². The summed E-state index contributed by atoms with van der Waals surface area (Å²) in [6, 6.07) is 0.156. The predicted molar refractivity (Wildman–Crippen MR) is 66.5 cm³/mol. The first kappa shape index (κ1) is 17.5. The van der Waals surface area contributed by atoms with Gasteiger partial charge in [-0.25, -0.2) is 0 Å². The summed E-state index contributed by atoms with van der Waals surface area (Å²) in [4.78, 5) is 11.0. The highest BCUT2D eigenvalue weighted by Crippen LogP contribution is 1.81. The van der Waals surface area contributed by atoms with E-state index < -0.39 is 0 Å². The number of hydrogen-bond donors (Lipinski definition) is 1. The fourth-order valence-corrected chi connectivity index (χ4v) is 0.813. The maximum Gasteiger partial charge on any atom is 0.246 e. The number of ether oxygens (including phenoxy) is 2. The van der Waals surface area contributed by atoms with Crippen LogP contribution in [0.5, 0.6) is 0 Å². The van der Waals surface area contributed by atoms with Crippen LogP contribution < -0.4 is 5.32 Å². The molecule has 4 nitrogen and oxygen atoms in total. The van der Waals surface area contributed by atoms with Crippen molar-refractivity contribution in [3.05, 3.63) is 12.7 Å². The molecule has 1 amide bonds. The maximum atomic E-state index is 11.0. The van der Waals surface area contributed by atoms with Gasteiger partial charge in [0.1, 0.15) is 6.61 Å². The van der Waals surface area contributed by atoms with Crippen LogP contribution in [0.4, 0.5) is 0 Å². The summed E-state index contributed by atoms with van der Waals surface area (Å²) in [7, 11) is 0. The van der Waals surface area contributed by atoms with E-state index in [-0.39, 0.29) is 18.6 Å². The molecule has 0 aromatic heterocycles. The fourth-order valence-electron chi connectivity index (χ4n) is 0.813. The lowest BCUT2D eigenvalue weighted by Gasteiger charge is -2.08. The van der Waals surface area contributed by atoms with E-state index >= 15 is 0 Å². The second-order valence-electron chi connectivity index (χ2n) is 3.14. The van der Waals surface area contributed by atoms with Crippen LogP contribution in [0.2, 0.25) is 0 Å². The minimum Gasteiger partial charge on any atom is -0.375 e. The van der Waals surface area contributed by atoms with Crippen LogP contribution in [0.3, 0.4) is 0 Å². The lowest BCUT2D eigenvalue weighted by Crippen LogP contribution is -2.33. The van der Waals surface area contributed by atoms with Gasteiger partial charge in [-0.2, -0.15) is 0 Å². The van der Waals surface area contributed by atoms with Crippen molar-refractivity contribution in [1.29, 1.82) is 0 Å². The van der Waals surface area contributed by atoms with Gasteiger partial charge in [-0.3, -0.25) is 4.79 Å². The molecule has 0 radical (unpaired) electrons. The van der Waals surface area contributed by atoms with Crippen molar-refractivity contribution >= 4 is 5.91 Å². The molecule has 0 aromatic rings.